The van der Waals surface area contributed by atoms with Crippen molar-refractivity contribution < 1.29 is 0 Å². The van der Waals surface area contributed by atoms with Crippen molar-refractivity contribution in [2.24, 2.45) is 0 Å². The van der Waals surface area contributed by atoms with E-state index in [0.29, 0.717) is 0 Å². The quantitative estimate of drug-likeness (QED) is 0.839. The standard InChI is InChI=1S/C14H13BrClN/c1-10-2-4-11(5-3-10)9-17-12-6-7-13(15)14(16)8-12/h2-8,17H,9H2,1H3. The van der Waals surface area contributed by atoms with Crippen molar-refractivity contribution in [2.45, 2.75) is 13.5 Å². The van der Waals surface area contributed by atoms with Crippen molar-refractivity contribution in [3.63, 3.8) is 0 Å². The first-order chi connectivity index (χ1) is 8.15. The van der Waals surface area contributed by atoms with E-state index in [0.717, 1.165) is 21.7 Å². The molecule has 0 atom stereocenters. The SMILES string of the molecule is Cc1ccc(CNc2ccc(Br)c(Cl)c2)cc1. The fourth-order valence-corrected chi connectivity index (χ4v) is 1.94. The van der Waals surface area contributed by atoms with E-state index in [1.807, 2.05) is 18.2 Å². The van der Waals surface area contributed by atoms with Crippen LogP contribution in [-0.4, -0.2) is 0 Å². The van der Waals surface area contributed by atoms with E-state index in [4.69, 9.17) is 11.6 Å². The number of hydrogen-bond acceptors (Lipinski definition) is 1. The molecule has 0 heterocycles. The highest BCUT2D eigenvalue weighted by molar-refractivity contribution is 9.10. The van der Waals surface area contributed by atoms with Gasteiger partial charge in [0.2, 0.25) is 0 Å². The third kappa shape index (κ3) is 3.48. The molecule has 0 bridgehead atoms. The second kappa shape index (κ2) is 5.56. The van der Waals surface area contributed by atoms with Gasteiger partial charge in [-0.2, -0.15) is 0 Å². The van der Waals surface area contributed by atoms with Crippen LogP contribution in [0.2, 0.25) is 5.02 Å². The van der Waals surface area contributed by atoms with Gasteiger partial charge in [0, 0.05) is 16.7 Å². The molecule has 0 saturated carbocycles. The third-order valence-electron chi connectivity index (χ3n) is 2.54. The van der Waals surface area contributed by atoms with Crippen LogP contribution >= 0.6 is 27.5 Å². The van der Waals surface area contributed by atoms with E-state index in [1.54, 1.807) is 0 Å². The Balaban J connectivity index is 2.02. The number of aryl methyl sites for hydroxylation is 1. The van der Waals surface area contributed by atoms with Crippen LogP contribution < -0.4 is 5.32 Å². The van der Waals surface area contributed by atoms with Gasteiger partial charge in [0.05, 0.1) is 5.02 Å². The lowest BCUT2D eigenvalue weighted by Crippen LogP contribution is -1.99. The van der Waals surface area contributed by atoms with Crippen LogP contribution in [0.1, 0.15) is 11.1 Å². The summed E-state index contributed by atoms with van der Waals surface area (Å²) in [6.45, 7) is 2.89. The highest BCUT2D eigenvalue weighted by Gasteiger charge is 1.99. The van der Waals surface area contributed by atoms with Gasteiger partial charge in [-0.25, -0.2) is 0 Å². The molecule has 0 amide bonds. The lowest BCUT2D eigenvalue weighted by molar-refractivity contribution is 1.14. The monoisotopic (exact) mass is 309 g/mol. The number of benzene rings is 2. The second-order valence-corrected chi connectivity index (χ2v) is 5.23. The van der Waals surface area contributed by atoms with Gasteiger partial charge in [-0.3, -0.25) is 0 Å². The maximum Gasteiger partial charge on any atom is 0.0568 e. The minimum absolute atomic E-state index is 0.721. The first-order valence-corrected chi connectivity index (χ1v) is 6.57. The van der Waals surface area contributed by atoms with E-state index in [1.165, 1.54) is 11.1 Å². The van der Waals surface area contributed by atoms with Crippen LogP contribution in [0.3, 0.4) is 0 Å². The van der Waals surface area contributed by atoms with Crippen LogP contribution in [0.15, 0.2) is 46.9 Å². The molecule has 0 aromatic heterocycles. The molecule has 0 aliphatic heterocycles. The van der Waals surface area contributed by atoms with Gasteiger partial charge >= 0.3 is 0 Å². The molecule has 2 rings (SSSR count). The fraction of sp³-hybridized carbons (Fsp3) is 0.143. The molecule has 1 N–H and O–H groups in total. The summed E-state index contributed by atoms with van der Waals surface area (Å²) in [5.74, 6) is 0. The van der Waals surface area contributed by atoms with E-state index >= 15 is 0 Å². The number of rotatable bonds is 3. The minimum Gasteiger partial charge on any atom is -0.381 e. The molecule has 0 spiro atoms. The largest absolute Gasteiger partial charge is 0.381 e. The molecule has 1 nitrogen and oxygen atoms in total. The van der Waals surface area contributed by atoms with Crippen molar-refractivity contribution in [1.82, 2.24) is 0 Å². The molecule has 3 heteroatoms. The third-order valence-corrected chi connectivity index (χ3v) is 3.77. The maximum atomic E-state index is 6.03. The molecule has 2 aromatic rings. The Bertz CT molecular complexity index is 508. The second-order valence-electron chi connectivity index (χ2n) is 3.97. The summed E-state index contributed by atoms with van der Waals surface area (Å²) in [4.78, 5) is 0. The molecule has 2 aromatic carbocycles. The van der Waals surface area contributed by atoms with Crippen LogP contribution in [0.5, 0.6) is 0 Å². The Morgan fingerprint density at radius 2 is 1.82 bits per heavy atom. The van der Waals surface area contributed by atoms with Gasteiger partial charge < -0.3 is 5.32 Å². The molecule has 0 radical (unpaired) electrons. The fourth-order valence-electron chi connectivity index (χ4n) is 1.52. The molecule has 0 unspecified atom stereocenters. The molecule has 0 fully saturated rings. The molecular weight excluding hydrogens is 298 g/mol. The molecular formula is C14H13BrClN. The summed E-state index contributed by atoms with van der Waals surface area (Å²) in [6, 6.07) is 14.4. The first kappa shape index (κ1) is 12.5. The van der Waals surface area contributed by atoms with Gasteiger partial charge in [0.1, 0.15) is 0 Å². The van der Waals surface area contributed by atoms with Crippen molar-refractivity contribution in [3.8, 4) is 0 Å². The summed E-state index contributed by atoms with van der Waals surface area (Å²) in [6.07, 6.45) is 0. The zero-order valence-corrected chi connectivity index (χ0v) is 11.8. The van der Waals surface area contributed by atoms with E-state index in [9.17, 15) is 0 Å². The van der Waals surface area contributed by atoms with Crippen LogP contribution in [0.25, 0.3) is 0 Å². The molecule has 0 aliphatic carbocycles. The van der Waals surface area contributed by atoms with Crippen LogP contribution in [0, 0.1) is 6.92 Å². The predicted molar refractivity (Wildman–Crippen MR) is 77.7 cm³/mol. The lowest BCUT2D eigenvalue weighted by Gasteiger charge is -2.08. The summed E-state index contributed by atoms with van der Waals surface area (Å²) in [7, 11) is 0. The zero-order chi connectivity index (χ0) is 12.3. The lowest BCUT2D eigenvalue weighted by atomic mass is 10.1. The Morgan fingerprint density at radius 1 is 1.12 bits per heavy atom. The average Bonchev–Trinajstić information content (AvgIpc) is 2.33. The van der Waals surface area contributed by atoms with Crippen LogP contribution in [0.4, 0.5) is 5.69 Å². The molecule has 17 heavy (non-hydrogen) atoms. The Morgan fingerprint density at radius 3 is 2.47 bits per heavy atom. The molecule has 88 valence electrons. The van der Waals surface area contributed by atoms with E-state index < -0.39 is 0 Å². The Labute approximate surface area is 115 Å². The number of nitrogens with one attached hydrogen (secondary N) is 1. The van der Waals surface area contributed by atoms with E-state index in [-0.39, 0.29) is 0 Å². The van der Waals surface area contributed by atoms with Crippen molar-refractivity contribution in [2.75, 3.05) is 5.32 Å². The molecule has 0 saturated heterocycles. The smallest absolute Gasteiger partial charge is 0.0568 e. The number of halogens is 2. The van der Waals surface area contributed by atoms with E-state index in [2.05, 4.69) is 52.4 Å². The number of hydrogen-bond donors (Lipinski definition) is 1. The highest BCUT2D eigenvalue weighted by atomic mass is 79.9. The topological polar surface area (TPSA) is 12.0 Å². The van der Waals surface area contributed by atoms with Gasteiger partial charge in [-0.1, -0.05) is 41.4 Å². The Hall–Kier alpha value is -0.990. The summed E-state index contributed by atoms with van der Waals surface area (Å²) >= 11 is 9.40. The normalized spacial score (nSPS) is 10.3. The summed E-state index contributed by atoms with van der Waals surface area (Å²) in [5, 5.41) is 4.06. The summed E-state index contributed by atoms with van der Waals surface area (Å²) < 4.78 is 0.917. The predicted octanol–water partition coefficient (Wildman–Crippen LogP) is 5.02. The van der Waals surface area contributed by atoms with Gasteiger partial charge in [0.15, 0.2) is 0 Å². The first-order valence-electron chi connectivity index (χ1n) is 5.39. The average molecular weight is 311 g/mol. The van der Waals surface area contributed by atoms with Crippen molar-refractivity contribution in [1.29, 1.82) is 0 Å². The summed E-state index contributed by atoms with van der Waals surface area (Å²) in [5.41, 5.74) is 3.56. The van der Waals surface area contributed by atoms with Gasteiger partial charge in [0.25, 0.3) is 0 Å². The van der Waals surface area contributed by atoms with Crippen LogP contribution in [-0.2, 0) is 6.54 Å². The number of anilines is 1. The van der Waals surface area contributed by atoms with Gasteiger partial charge in [-0.15, -0.1) is 0 Å². The zero-order valence-electron chi connectivity index (χ0n) is 9.50. The van der Waals surface area contributed by atoms with Crippen molar-refractivity contribution >= 4 is 33.2 Å². The Kier molecular flexibility index (Phi) is 4.08. The minimum atomic E-state index is 0.721. The van der Waals surface area contributed by atoms with Gasteiger partial charge in [-0.05, 0) is 46.6 Å². The van der Waals surface area contributed by atoms with Crippen molar-refractivity contribution in [3.05, 3.63) is 63.1 Å². The maximum absolute atomic E-state index is 6.03. The molecule has 0 aliphatic rings. The highest BCUT2D eigenvalue weighted by Crippen LogP contribution is 2.25.